The van der Waals surface area contributed by atoms with Crippen molar-refractivity contribution in [2.75, 3.05) is 0 Å². The molecule has 3 nitrogen and oxygen atoms in total. The van der Waals surface area contributed by atoms with Gasteiger partial charge in [-0.2, -0.15) is 0 Å². The van der Waals surface area contributed by atoms with Crippen LogP contribution in [0.2, 0.25) is 0 Å². The van der Waals surface area contributed by atoms with Crippen molar-refractivity contribution in [2.45, 2.75) is 42.5 Å². The Kier molecular flexibility index (Phi) is 3.76. The summed E-state index contributed by atoms with van der Waals surface area (Å²) < 4.78 is 26.8. The third-order valence-electron chi connectivity index (χ3n) is 3.07. The van der Waals surface area contributed by atoms with Gasteiger partial charge in [-0.15, -0.1) is 11.6 Å². The van der Waals surface area contributed by atoms with Gasteiger partial charge in [0.2, 0.25) is 10.0 Å². The van der Waals surface area contributed by atoms with Gasteiger partial charge in [0.25, 0.3) is 0 Å². The van der Waals surface area contributed by atoms with Crippen molar-refractivity contribution < 1.29 is 8.42 Å². The summed E-state index contributed by atoms with van der Waals surface area (Å²) >= 11 is 6.07. The van der Waals surface area contributed by atoms with E-state index in [1.807, 2.05) is 6.92 Å². The first kappa shape index (κ1) is 12.9. The van der Waals surface area contributed by atoms with Gasteiger partial charge in [0.1, 0.15) is 0 Å². The summed E-state index contributed by atoms with van der Waals surface area (Å²) in [6, 6.07) is 6.69. The number of nitrogens with one attached hydrogen (secondary N) is 1. The molecule has 2 atom stereocenters. The van der Waals surface area contributed by atoms with E-state index in [1.54, 1.807) is 24.3 Å². The Morgan fingerprint density at radius 3 is 2.41 bits per heavy atom. The van der Waals surface area contributed by atoms with Crippen molar-refractivity contribution in [1.82, 2.24) is 4.72 Å². The third kappa shape index (κ3) is 3.00. The Balaban J connectivity index is 2.16. The van der Waals surface area contributed by atoms with Gasteiger partial charge < -0.3 is 0 Å². The first-order chi connectivity index (χ1) is 7.99. The molecule has 94 valence electrons. The van der Waals surface area contributed by atoms with E-state index >= 15 is 0 Å². The topological polar surface area (TPSA) is 46.2 Å². The quantitative estimate of drug-likeness (QED) is 0.860. The van der Waals surface area contributed by atoms with Crippen LogP contribution >= 0.6 is 11.6 Å². The van der Waals surface area contributed by atoms with Crippen LogP contribution in [0.4, 0.5) is 0 Å². The van der Waals surface area contributed by atoms with Crippen molar-refractivity contribution in [2.24, 2.45) is 0 Å². The van der Waals surface area contributed by atoms with E-state index in [0.717, 1.165) is 24.8 Å². The smallest absolute Gasteiger partial charge is 0.207 e. The number of aryl methyl sites for hydroxylation is 1. The molecule has 1 aromatic carbocycles. The van der Waals surface area contributed by atoms with Crippen LogP contribution in [-0.2, 0) is 10.0 Å². The third-order valence-corrected chi connectivity index (χ3v) is 5.10. The average molecular weight is 274 g/mol. The van der Waals surface area contributed by atoms with Gasteiger partial charge in [0.05, 0.1) is 4.90 Å². The van der Waals surface area contributed by atoms with E-state index in [0.29, 0.717) is 4.90 Å². The lowest BCUT2D eigenvalue weighted by Crippen LogP contribution is -2.37. The second-order valence-corrected chi connectivity index (χ2v) is 6.76. The molecule has 0 radical (unpaired) electrons. The van der Waals surface area contributed by atoms with Crippen molar-refractivity contribution in [1.29, 1.82) is 0 Å². The fraction of sp³-hybridized carbons (Fsp3) is 0.500. The number of alkyl halides is 1. The number of hydrogen-bond donors (Lipinski definition) is 1. The number of halogens is 1. The summed E-state index contributed by atoms with van der Waals surface area (Å²) in [6.45, 7) is 1.93. The molecule has 1 aromatic rings. The zero-order valence-corrected chi connectivity index (χ0v) is 11.3. The van der Waals surface area contributed by atoms with Crippen LogP contribution in [0.25, 0.3) is 0 Å². The lowest BCUT2D eigenvalue weighted by atomic mass is 10.2. The summed E-state index contributed by atoms with van der Waals surface area (Å²) in [5, 5.41) is -0.0878. The minimum Gasteiger partial charge on any atom is -0.207 e. The van der Waals surface area contributed by atoms with Gasteiger partial charge in [-0.25, -0.2) is 13.1 Å². The van der Waals surface area contributed by atoms with Gasteiger partial charge in [-0.3, -0.25) is 0 Å². The molecular formula is C12H16ClNO2S. The molecule has 0 unspecified atom stereocenters. The number of benzene rings is 1. The molecule has 0 saturated heterocycles. The predicted octanol–water partition coefficient (Wildman–Crippen LogP) is 2.43. The van der Waals surface area contributed by atoms with Gasteiger partial charge >= 0.3 is 0 Å². The Bertz CT molecular complexity index is 484. The Hall–Kier alpha value is -0.580. The van der Waals surface area contributed by atoms with Crippen LogP contribution < -0.4 is 4.72 Å². The predicted molar refractivity (Wildman–Crippen MR) is 68.8 cm³/mol. The molecule has 0 aliphatic heterocycles. The van der Waals surface area contributed by atoms with Crippen molar-refractivity contribution in [3.8, 4) is 0 Å². The standard InChI is InChI=1S/C12H16ClNO2S/c1-9-5-7-10(8-6-9)17(15,16)14-12-4-2-3-11(12)13/h5-8,11-12,14H,2-4H2,1H3/t11-,12+/m1/s1. The molecular weight excluding hydrogens is 258 g/mol. The minimum atomic E-state index is -3.43. The number of rotatable bonds is 3. The molecule has 1 N–H and O–H groups in total. The number of sulfonamides is 1. The summed E-state index contributed by atoms with van der Waals surface area (Å²) in [4.78, 5) is 0.305. The molecule has 0 bridgehead atoms. The zero-order chi connectivity index (χ0) is 12.5. The number of hydrogen-bond acceptors (Lipinski definition) is 2. The van der Waals surface area contributed by atoms with Gasteiger partial charge in [0.15, 0.2) is 0 Å². The molecule has 5 heteroatoms. The first-order valence-corrected chi connectivity index (χ1v) is 7.64. The van der Waals surface area contributed by atoms with Crippen LogP contribution in [0.5, 0.6) is 0 Å². The Labute approximate surface area is 107 Å². The highest BCUT2D eigenvalue weighted by molar-refractivity contribution is 7.89. The lowest BCUT2D eigenvalue weighted by molar-refractivity contribution is 0.554. The molecule has 17 heavy (non-hydrogen) atoms. The second-order valence-electron chi connectivity index (χ2n) is 4.49. The van der Waals surface area contributed by atoms with E-state index in [1.165, 1.54) is 0 Å². The van der Waals surface area contributed by atoms with Gasteiger partial charge in [-0.1, -0.05) is 24.1 Å². The van der Waals surface area contributed by atoms with Crippen LogP contribution in [0.15, 0.2) is 29.2 Å². The van der Waals surface area contributed by atoms with Crippen LogP contribution in [-0.4, -0.2) is 19.8 Å². The highest BCUT2D eigenvalue weighted by atomic mass is 35.5. The van der Waals surface area contributed by atoms with E-state index in [-0.39, 0.29) is 11.4 Å². The molecule has 0 spiro atoms. The van der Waals surface area contributed by atoms with Crippen molar-refractivity contribution in [3.63, 3.8) is 0 Å². The van der Waals surface area contributed by atoms with E-state index in [4.69, 9.17) is 11.6 Å². The zero-order valence-electron chi connectivity index (χ0n) is 9.69. The molecule has 1 aliphatic rings. The van der Waals surface area contributed by atoms with Gasteiger partial charge in [0, 0.05) is 11.4 Å². The fourth-order valence-electron chi connectivity index (χ4n) is 2.03. The van der Waals surface area contributed by atoms with E-state index in [9.17, 15) is 8.42 Å². The summed E-state index contributed by atoms with van der Waals surface area (Å²) in [5.74, 6) is 0. The largest absolute Gasteiger partial charge is 0.240 e. The van der Waals surface area contributed by atoms with Gasteiger partial charge in [-0.05, 0) is 31.9 Å². The maximum absolute atomic E-state index is 12.1. The normalized spacial score (nSPS) is 25.1. The highest BCUT2D eigenvalue weighted by Gasteiger charge is 2.29. The Morgan fingerprint density at radius 1 is 1.24 bits per heavy atom. The summed E-state index contributed by atoms with van der Waals surface area (Å²) in [6.07, 6.45) is 2.68. The highest BCUT2D eigenvalue weighted by Crippen LogP contribution is 2.25. The molecule has 0 aromatic heterocycles. The molecule has 1 aliphatic carbocycles. The maximum Gasteiger partial charge on any atom is 0.240 e. The fourth-order valence-corrected chi connectivity index (χ4v) is 3.76. The van der Waals surface area contributed by atoms with Crippen LogP contribution in [0, 0.1) is 6.92 Å². The SMILES string of the molecule is Cc1ccc(S(=O)(=O)N[C@H]2CCC[C@H]2Cl)cc1. The first-order valence-electron chi connectivity index (χ1n) is 5.72. The minimum absolute atomic E-state index is 0.0878. The second kappa shape index (κ2) is 4.96. The molecule has 2 rings (SSSR count). The van der Waals surface area contributed by atoms with Crippen molar-refractivity contribution >= 4 is 21.6 Å². The van der Waals surface area contributed by atoms with E-state index in [2.05, 4.69) is 4.72 Å². The molecule has 1 saturated carbocycles. The average Bonchev–Trinajstić information content (AvgIpc) is 2.64. The lowest BCUT2D eigenvalue weighted by Gasteiger charge is -2.16. The monoisotopic (exact) mass is 273 g/mol. The molecule has 0 amide bonds. The Morgan fingerprint density at radius 2 is 1.88 bits per heavy atom. The summed E-state index contributed by atoms with van der Waals surface area (Å²) in [5.41, 5.74) is 1.04. The van der Waals surface area contributed by atoms with Crippen LogP contribution in [0.3, 0.4) is 0 Å². The maximum atomic E-state index is 12.1. The molecule has 1 fully saturated rings. The van der Waals surface area contributed by atoms with Crippen molar-refractivity contribution in [3.05, 3.63) is 29.8 Å². The summed E-state index contributed by atoms with van der Waals surface area (Å²) in [7, 11) is -3.43. The molecule has 0 heterocycles. The van der Waals surface area contributed by atoms with E-state index < -0.39 is 10.0 Å². The van der Waals surface area contributed by atoms with Crippen LogP contribution in [0.1, 0.15) is 24.8 Å².